The van der Waals surface area contributed by atoms with Crippen LogP contribution in [0.3, 0.4) is 0 Å². The third-order valence-electron chi connectivity index (χ3n) is 3.37. The number of carbonyl (C=O) groups is 1. The summed E-state index contributed by atoms with van der Waals surface area (Å²) in [4.78, 5) is 11.7. The van der Waals surface area contributed by atoms with Crippen molar-refractivity contribution >= 4 is 11.6 Å². The van der Waals surface area contributed by atoms with Gasteiger partial charge in [0.15, 0.2) is 6.61 Å². The van der Waals surface area contributed by atoms with Crippen molar-refractivity contribution in [1.82, 2.24) is 5.43 Å². The number of nitrogens with zero attached hydrogens (tertiary/aromatic N) is 1. The van der Waals surface area contributed by atoms with E-state index in [1.807, 2.05) is 19.1 Å². The fourth-order valence-corrected chi connectivity index (χ4v) is 1.99. The van der Waals surface area contributed by atoms with Gasteiger partial charge in [-0.2, -0.15) is 5.10 Å². The highest BCUT2D eigenvalue weighted by atomic mass is 19.1. The van der Waals surface area contributed by atoms with Gasteiger partial charge >= 0.3 is 0 Å². The zero-order valence-electron chi connectivity index (χ0n) is 13.5. The maximum atomic E-state index is 13.6. The van der Waals surface area contributed by atoms with E-state index in [0.29, 0.717) is 5.75 Å². The number of halogens is 2. The third kappa shape index (κ3) is 4.87. The first-order chi connectivity index (χ1) is 11.5. The van der Waals surface area contributed by atoms with E-state index in [9.17, 15) is 13.6 Å². The number of carbonyl (C=O) groups excluding carboxylic acids is 1. The van der Waals surface area contributed by atoms with Crippen LogP contribution in [0.25, 0.3) is 0 Å². The molecule has 2 aromatic carbocycles. The molecule has 24 heavy (non-hydrogen) atoms. The van der Waals surface area contributed by atoms with E-state index in [4.69, 9.17) is 4.74 Å². The fraction of sp³-hybridized carbons (Fsp3) is 0.222. The van der Waals surface area contributed by atoms with E-state index in [1.165, 1.54) is 18.6 Å². The van der Waals surface area contributed by atoms with Gasteiger partial charge in [-0.1, -0.05) is 19.1 Å². The number of aryl methyl sites for hydroxylation is 1. The summed E-state index contributed by atoms with van der Waals surface area (Å²) < 4.78 is 31.8. The first kappa shape index (κ1) is 17.6. The lowest BCUT2D eigenvalue weighted by Crippen LogP contribution is -2.25. The predicted molar refractivity (Wildman–Crippen MR) is 88.0 cm³/mol. The zero-order chi connectivity index (χ0) is 17.5. The average molecular weight is 332 g/mol. The molecule has 0 bridgehead atoms. The summed E-state index contributed by atoms with van der Waals surface area (Å²) in [5.74, 6) is -1.31. The Morgan fingerprint density at radius 3 is 2.50 bits per heavy atom. The predicted octanol–water partition coefficient (Wildman–Crippen LogP) is 3.45. The van der Waals surface area contributed by atoms with Crippen LogP contribution >= 0.6 is 0 Å². The van der Waals surface area contributed by atoms with Crippen molar-refractivity contribution < 1.29 is 18.3 Å². The monoisotopic (exact) mass is 332 g/mol. The standard InChI is InChI=1S/C18H18F2N2O2/c1-3-13-4-7-15(8-5-13)24-11-18(23)22-21-12(2)16-9-6-14(19)10-17(16)20/h4-10H,3,11H2,1-2H3,(H,22,23)/b21-12-. The van der Waals surface area contributed by atoms with Gasteiger partial charge in [0.05, 0.1) is 5.71 Å². The molecule has 1 amide bonds. The van der Waals surface area contributed by atoms with Crippen LogP contribution in [0.15, 0.2) is 47.6 Å². The van der Waals surface area contributed by atoms with Gasteiger partial charge in [-0.25, -0.2) is 14.2 Å². The minimum atomic E-state index is -0.738. The number of amides is 1. The maximum Gasteiger partial charge on any atom is 0.277 e. The highest BCUT2D eigenvalue weighted by molar-refractivity contribution is 5.99. The number of nitrogens with one attached hydrogen (secondary N) is 1. The molecule has 2 rings (SSSR count). The van der Waals surface area contributed by atoms with Crippen LogP contribution in [0.5, 0.6) is 5.75 Å². The largest absolute Gasteiger partial charge is 0.484 e. The highest BCUT2D eigenvalue weighted by Gasteiger charge is 2.08. The second kappa shape index (κ2) is 8.19. The smallest absolute Gasteiger partial charge is 0.277 e. The molecular formula is C18H18F2N2O2. The molecule has 0 aromatic heterocycles. The highest BCUT2D eigenvalue weighted by Crippen LogP contribution is 2.12. The Hall–Kier alpha value is -2.76. The number of ether oxygens (including phenoxy) is 1. The van der Waals surface area contributed by atoms with Crippen molar-refractivity contribution in [3.8, 4) is 5.75 Å². The molecule has 6 heteroatoms. The van der Waals surface area contributed by atoms with Crippen molar-refractivity contribution in [2.45, 2.75) is 20.3 Å². The van der Waals surface area contributed by atoms with Crippen molar-refractivity contribution in [1.29, 1.82) is 0 Å². The van der Waals surface area contributed by atoms with Gasteiger partial charge in [0, 0.05) is 11.6 Å². The molecule has 0 aliphatic rings. The van der Waals surface area contributed by atoms with Gasteiger partial charge in [0.25, 0.3) is 5.91 Å². The van der Waals surface area contributed by atoms with Gasteiger partial charge in [-0.15, -0.1) is 0 Å². The molecule has 0 atom stereocenters. The first-order valence-electron chi connectivity index (χ1n) is 7.50. The van der Waals surface area contributed by atoms with Crippen LogP contribution in [-0.4, -0.2) is 18.2 Å². The van der Waals surface area contributed by atoms with Crippen molar-refractivity contribution in [3.05, 3.63) is 65.2 Å². The van der Waals surface area contributed by atoms with Crippen molar-refractivity contribution in [2.24, 2.45) is 5.10 Å². The van der Waals surface area contributed by atoms with Crippen LogP contribution in [0.4, 0.5) is 8.78 Å². The van der Waals surface area contributed by atoms with Crippen molar-refractivity contribution in [2.75, 3.05) is 6.61 Å². The fourth-order valence-electron chi connectivity index (χ4n) is 1.99. The molecule has 0 radical (unpaired) electrons. The molecule has 0 saturated heterocycles. The Balaban J connectivity index is 1.89. The van der Waals surface area contributed by atoms with Crippen molar-refractivity contribution in [3.63, 3.8) is 0 Å². The molecule has 0 fully saturated rings. The maximum absolute atomic E-state index is 13.6. The zero-order valence-corrected chi connectivity index (χ0v) is 13.5. The lowest BCUT2D eigenvalue weighted by atomic mass is 10.1. The quantitative estimate of drug-likeness (QED) is 0.651. The molecule has 1 N–H and O–H groups in total. The number of rotatable bonds is 6. The van der Waals surface area contributed by atoms with E-state index in [0.717, 1.165) is 18.6 Å². The number of hydrogen-bond acceptors (Lipinski definition) is 3. The van der Waals surface area contributed by atoms with E-state index in [1.54, 1.807) is 12.1 Å². The van der Waals surface area contributed by atoms with E-state index in [2.05, 4.69) is 10.5 Å². The summed E-state index contributed by atoms with van der Waals surface area (Å²) in [6.45, 7) is 3.35. The second-order valence-corrected chi connectivity index (χ2v) is 5.14. The van der Waals surface area contributed by atoms with Gasteiger partial charge in [-0.05, 0) is 43.2 Å². The minimum absolute atomic E-state index is 0.118. The molecule has 126 valence electrons. The third-order valence-corrected chi connectivity index (χ3v) is 3.37. The van der Waals surface area contributed by atoms with Crippen LogP contribution < -0.4 is 10.2 Å². The van der Waals surface area contributed by atoms with Crippen LogP contribution in [0.1, 0.15) is 25.0 Å². The van der Waals surface area contributed by atoms with E-state index >= 15 is 0 Å². The van der Waals surface area contributed by atoms with Gasteiger partial charge in [0.1, 0.15) is 17.4 Å². The molecule has 0 saturated carbocycles. The molecule has 0 aliphatic heterocycles. The molecule has 0 heterocycles. The van der Waals surface area contributed by atoms with Gasteiger partial charge < -0.3 is 4.74 Å². The summed E-state index contributed by atoms with van der Waals surface area (Å²) in [6.07, 6.45) is 0.925. The summed E-state index contributed by atoms with van der Waals surface area (Å²) >= 11 is 0. The van der Waals surface area contributed by atoms with Gasteiger partial charge in [-0.3, -0.25) is 4.79 Å². The molecule has 0 aliphatic carbocycles. The summed E-state index contributed by atoms with van der Waals surface area (Å²) in [5.41, 5.74) is 3.80. The summed E-state index contributed by atoms with van der Waals surface area (Å²) in [7, 11) is 0. The number of benzene rings is 2. The minimum Gasteiger partial charge on any atom is -0.484 e. The van der Waals surface area contributed by atoms with Crippen LogP contribution in [0, 0.1) is 11.6 Å². The molecule has 0 unspecified atom stereocenters. The Kier molecular flexibility index (Phi) is 6.01. The Morgan fingerprint density at radius 1 is 1.17 bits per heavy atom. The second-order valence-electron chi connectivity index (χ2n) is 5.14. The average Bonchev–Trinajstić information content (AvgIpc) is 2.58. The Bertz CT molecular complexity index is 743. The molecule has 0 spiro atoms. The molecule has 2 aromatic rings. The first-order valence-corrected chi connectivity index (χ1v) is 7.50. The lowest BCUT2D eigenvalue weighted by molar-refractivity contribution is -0.123. The molecular weight excluding hydrogens is 314 g/mol. The van der Waals surface area contributed by atoms with E-state index in [-0.39, 0.29) is 17.9 Å². The van der Waals surface area contributed by atoms with E-state index < -0.39 is 17.5 Å². The lowest BCUT2D eigenvalue weighted by Gasteiger charge is -2.07. The number of hydrazone groups is 1. The Morgan fingerprint density at radius 2 is 1.88 bits per heavy atom. The molecule has 4 nitrogen and oxygen atoms in total. The summed E-state index contributed by atoms with van der Waals surface area (Å²) in [6, 6.07) is 10.6. The SMILES string of the molecule is CCc1ccc(OCC(=O)N/N=C(/C)c2ccc(F)cc2F)cc1. The normalized spacial score (nSPS) is 11.2. The van der Waals surface area contributed by atoms with Crippen LogP contribution in [0.2, 0.25) is 0 Å². The topological polar surface area (TPSA) is 50.7 Å². The Labute approximate surface area is 139 Å². The van der Waals surface area contributed by atoms with Crippen LogP contribution in [-0.2, 0) is 11.2 Å². The number of hydrogen-bond donors (Lipinski definition) is 1. The van der Waals surface area contributed by atoms with Gasteiger partial charge in [0.2, 0.25) is 0 Å². The summed E-state index contributed by atoms with van der Waals surface area (Å²) in [5, 5.41) is 3.80.